The highest BCUT2D eigenvalue weighted by Gasteiger charge is 2.35. The number of halogens is 1. The number of rotatable bonds is 2. The minimum absolute atomic E-state index is 0.101. The topological polar surface area (TPSA) is 74.8 Å². The number of aromatic nitrogens is 2. The van der Waals surface area contributed by atoms with Crippen LogP contribution in [0.15, 0.2) is 11.0 Å². The van der Waals surface area contributed by atoms with Crippen LogP contribution < -0.4 is 11.0 Å². The van der Waals surface area contributed by atoms with Gasteiger partial charge in [-0.2, -0.15) is 4.98 Å². The van der Waals surface area contributed by atoms with Crippen LogP contribution in [0.3, 0.4) is 0 Å². The van der Waals surface area contributed by atoms with Gasteiger partial charge < -0.3 is 5.32 Å². The number of hydrogen-bond acceptors (Lipinski definition) is 3. The number of carbonyl (C=O) groups excluding carboxylic acids is 1. The molecule has 1 aliphatic rings. The van der Waals surface area contributed by atoms with Crippen LogP contribution >= 0.6 is 0 Å². The Morgan fingerprint density at radius 1 is 1.50 bits per heavy atom. The summed E-state index contributed by atoms with van der Waals surface area (Å²) in [6.07, 6.45) is 3.44. The molecule has 0 spiro atoms. The summed E-state index contributed by atoms with van der Waals surface area (Å²) in [6.45, 7) is 6.39. The van der Waals surface area contributed by atoms with Crippen molar-refractivity contribution in [2.24, 2.45) is 17.3 Å². The molecule has 20 heavy (non-hydrogen) atoms. The summed E-state index contributed by atoms with van der Waals surface area (Å²) >= 11 is 0. The van der Waals surface area contributed by atoms with E-state index < -0.39 is 11.5 Å². The third kappa shape index (κ3) is 3.43. The normalized spacial score (nSPS) is 25.2. The molecule has 1 amide bonds. The first-order valence-electron chi connectivity index (χ1n) is 6.82. The molecule has 0 saturated heterocycles. The van der Waals surface area contributed by atoms with E-state index in [2.05, 4.69) is 36.1 Å². The Morgan fingerprint density at radius 2 is 2.20 bits per heavy atom. The molecule has 2 N–H and O–H groups in total. The zero-order valence-corrected chi connectivity index (χ0v) is 12.0. The lowest BCUT2D eigenvalue weighted by Crippen LogP contribution is -2.35. The molecule has 2 unspecified atom stereocenters. The van der Waals surface area contributed by atoms with Crippen LogP contribution in [0.4, 0.5) is 10.2 Å². The Hall–Kier alpha value is -1.72. The van der Waals surface area contributed by atoms with Crippen molar-refractivity contribution in [2.75, 3.05) is 5.32 Å². The lowest BCUT2D eigenvalue weighted by molar-refractivity contribution is -0.122. The van der Waals surface area contributed by atoms with Gasteiger partial charge in [0.2, 0.25) is 5.91 Å². The fraction of sp³-hybridized carbons (Fsp3) is 0.643. The van der Waals surface area contributed by atoms with E-state index in [0.717, 1.165) is 25.5 Å². The maximum absolute atomic E-state index is 13.5. The van der Waals surface area contributed by atoms with Gasteiger partial charge in [0.25, 0.3) is 0 Å². The molecule has 0 aromatic carbocycles. The molecule has 0 bridgehead atoms. The van der Waals surface area contributed by atoms with Crippen LogP contribution in [0, 0.1) is 23.1 Å². The molecule has 1 heterocycles. The Labute approximate surface area is 117 Å². The van der Waals surface area contributed by atoms with Crippen LogP contribution in [0.5, 0.6) is 0 Å². The van der Waals surface area contributed by atoms with Crippen molar-refractivity contribution >= 4 is 11.7 Å². The van der Waals surface area contributed by atoms with Crippen LogP contribution in [0.25, 0.3) is 0 Å². The van der Waals surface area contributed by atoms with E-state index >= 15 is 0 Å². The minimum atomic E-state index is -0.735. The highest BCUT2D eigenvalue weighted by Crippen LogP contribution is 2.41. The second-order valence-electron chi connectivity index (χ2n) is 6.51. The summed E-state index contributed by atoms with van der Waals surface area (Å²) in [5.74, 6) is -0.891. The summed E-state index contributed by atoms with van der Waals surface area (Å²) in [5.41, 5.74) is -0.580. The molecule has 2 rings (SSSR count). The molecule has 0 radical (unpaired) electrons. The SMILES string of the molecule is CC1CC(C(=O)Nc2[nH]c(=O)ncc2F)CC(C)(C)C1. The lowest BCUT2D eigenvalue weighted by atomic mass is 9.68. The molecule has 0 aliphatic heterocycles. The van der Waals surface area contributed by atoms with Crippen LogP contribution in [-0.4, -0.2) is 15.9 Å². The van der Waals surface area contributed by atoms with E-state index in [-0.39, 0.29) is 23.1 Å². The lowest BCUT2D eigenvalue weighted by Gasteiger charge is -2.38. The number of nitrogens with one attached hydrogen (secondary N) is 2. The second-order valence-corrected chi connectivity index (χ2v) is 6.51. The predicted octanol–water partition coefficient (Wildman–Crippen LogP) is 2.31. The fourth-order valence-corrected chi connectivity index (χ4v) is 3.24. The zero-order valence-electron chi connectivity index (χ0n) is 12.0. The predicted molar refractivity (Wildman–Crippen MR) is 73.7 cm³/mol. The molecule has 2 atom stereocenters. The molecule has 1 aliphatic carbocycles. The number of aromatic amines is 1. The molecule has 1 fully saturated rings. The standard InChI is InChI=1S/C14H20FN3O2/c1-8-4-9(6-14(2,3)5-8)12(19)17-11-10(15)7-16-13(20)18-11/h7-9H,4-6H2,1-3H3,(H2,16,17,18,19,20). The Morgan fingerprint density at radius 3 is 2.85 bits per heavy atom. The van der Waals surface area contributed by atoms with Gasteiger partial charge in [0.15, 0.2) is 11.6 Å². The number of nitrogens with zero attached hydrogens (tertiary/aromatic N) is 1. The van der Waals surface area contributed by atoms with Crippen LogP contribution in [0.2, 0.25) is 0 Å². The zero-order chi connectivity index (χ0) is 14.9. The number of hydrogen-bond donors (Lipinski definition) is 2. The van der Waals surface area contributed by atoms with Crippen molar-refractivity contribution in [2.45, 2.75) is 40.0 Å². The number of anilines is 1. The Bertz CT molecular complexity index is 568. The Kier molecular flexibility index (Phi) is 3.92. The van der Waals surface area contributed by atoms with E-state index in [9.17, 15) is 14.0 Å². The molecular formula is C14H20FN3O2. The van der Waals surface area contributed by atoms with Crippen molar-refractivity contribution < 1.29 is 9.18 Å². The maximum Gasteiger partial charge on any atom is 0.346 e. The van der Waals surface area contributed by atoms with E-state index in [1.54, 1.807) is 0 Å². The highest BCUT2D eigenvalue weighted by molar-refractivity contribution is 5.91. The molecule has 110 valence electrons. The van der Waals surface area contributed by atoms with Gasteiger partial charge in [-0.15, -0.1) is 0 Å². The minimum Gasteiger partial charge on any atom is -0.309 e. The van der Waals surface area contributed by atoms with Gasteiger partial charge in [0.05, 0.1) is 6.20 Å². The van der Waals surface area contributed by atoms with Gasteiger partial charge in [0.1, 0.15) is 0 Å². The molecular weight excluding hydrogens is 261 g/mol. The highest BCUT2D eigenvalue weighted by atomic mass is 19.1. The van der Waals surface area contributed by atoms with Gasteiger partial charge >= 0.3 is 5.69 Å². The third-order valence-electron chi connectivity index (χ3n) is 3.77. The number of carbonyl (C=O) groups is 1. The van der Waals surface area contributed by atoms with Crippen LogP contribution in [0.1, 0.15) is 40.0 Å². The summed E-state index contributed by atoms with van der Waals surface area (Å²) < 4.78 is 13.5. The monoisotopic (exact) mass is 281 g/mol. The van der Waals surface area contributed by atoms with E-state index in [0.29, 0.717) is 5.92 Å². The van der Waals surface area contributed by atoms with Gasteiger partial charge in [-0.3, -0.25) is 9.78 Å². The first-order valence-corrected chi connectivity index (χ1v) is 6.82. The molecule has 6 heteroatoms. The van der Waals surface area contributed by atoms with Crippen molar-refractivity contribution in [1.29, 1.82) is 0 Å². The maximum atomic E-state index is 13.5. The molecule has 5 nitrogen and oxygen atoms in total. The number of H-pyrrole nitrogens is 1. The average molecular weight is 281 g/mol. The Balaban J connectivity index is 2.12. The largest absolute Gasteiger partial charge is 0.346 e. The third-order valence-corrected chi connectivity index (χ3v) is 3.77. The molecule has 1 aromatic rings. The van der Waals surface area contributed by atoms with Gasteiger partial charge in [-0.1, -0.05) is 20.8 Å². The molecule has 1 saturated carbocycles. The summed E-state index contributed by atoms with van der Waals surface area (Å²) in [6, 6.07) is 0. The van der Waals surface area contributed by atoms with Crippen molar-refractivity contribution in [3.8, 4) is 0 Å². The van der Waals surface area contributed by atoms with Gasteiger partial charge in [-0.25, -0.2) is 9.18 Å². The summed E-state index contributed by atoms with van der Waals surface area (Å²) in [4.78, 5) is 28.8. The van der Waals surface area contributed by atoms with Gasteiger partial charge in [0, 0.05) is 5.92 Å². The smallest absolute Gasteiger partial charge is 0.309 e. The summed E-state index contributed by atoms with van der Waals surface area (Å²) in [5, 5.41) is 2.47. The van der Waals surface area contributed by atoms with Gasteiger partial charge in [-0.05, 0) is 30.6 Å². The van der Waals surface area contributed by atoms with Crippen molar-refractivity contribution in [1.82, 2.24) is 9.97 Å². The van der Waals surface area contributed by atoms with E-state index in [4.69, 9.17) is 0 Å². The second kappa shape index (κ2) is 5.34. The first-order chi connectivity index (χ1) is 9.27. The number of amides is 1. The van der Waals surface area contributed by atoms with Crippen molar-refractivity contribution in [3.05, 3.63) is 22.5 Å². The average Bonchev–Trinajstić information content (AvgIpc) is 2.31. The van der Waals surface area contributed by atoms with E-state index in [1.807, 2.05) is 0 Å². The van der Waals surface area contributed by atoms with Crippen molar-refractivity contribution in [3.63, 3.8) is 0 Å². The van der Waals surface area contributed by atoms with E-state index in [1.165, 1.54) is 0 Å². The quantitative estimate of drug-likeness (QED) is 0.873. The summed E-state index contributed by atoms with van der Waals surface area (Å²) in [7, 11) is 0. The molecule has 1 aromatic heterocycles. The first kappa shape index (κ1) is 14.7. The van der Waals surface area contributed by atoms with Crippen LogP contribution in [-0.2, 0) is 4.79 Å². The fourth-order valence-electron chi connectivity index (χ4n) is 3.24.